The summed E-state index contributed by atoms with van der Waals surface area (Å²) in [4.78, 5) is 0. The quantitative estimate of drug-likeness (QED) is 0.217. The largest absolute Gasteiger partial charge is 0.508 e. The molecule has 0 radical (unpaired) electrons. The van der Waals surface area contributed by atoms with Gasteiger partial charge in [0.25, 0.3) is 0 Å². The van der Waals surface area contributed by atoms with Crippen LogP contribution in [-0.4, -0.2) is 41.7 Å². The molecule has 4 aromatic rings. The van der Waals surface area contributed by atoms with Crippen LogP contribution in [0.4, 0.5) is 4.39 Å². The molecule has 6 rings (SSSR count). The van der Waals surface area contributed by atoms with Crippen LogP contribution in [0.1, 0.15) is 77.6 Å². The van der Waals surface area contributed by atoms with E-state index in [1.54, 1.807) is 31.2 Å². The zero-order valence-corrected chi connectivity index (χ0v) is 31.0. The van der Waals surface area contributed by atoms with Crippen LogP contribution in [0.5, 0.6) is 17.2 Å². The number of nitriles is 2. The molecule has 2 saturated heterocycles. The van der Waals surface area contributed by atoms with E-state index in [0.29, 0.717) is 22.6 Å². The highest BCUT2D eigenvalue weighted by Gasteiger charge is 2.52. The van der Waals surface area contributed by atoms with Gasteiger partial charge in [-0.15, -0.1) is 0 Å². The first-order valence-corrected chi connectivity index (χ1v) is 16.7. The Morgan fingerprint density at radius 2 is 0.941 bits per heavy atom. The summed E-state index contributed by atoms with van der Waals surface area (Å²) >= 11 is 0. The van der Waals surface area contributed by atoms with Crippen LogP contribution in [0.25, 0.3) is 0 Å². The van der Waals surface area contributed by atoms with Crippen molar-refractivity contribution in [3.8, 4) is 29.4 Å². The van der Waals surface area contributed by atoms with E-state index in [4.69, 9.17) is 33.9 Å². The molecule has 2 heterocycles. The molecule has 0 unspecified atom stereocenters. The van der Waals surface area contributed by atoms with Crippen molar-refractivity contribution in [1.82, 2.24) is 0 Å². The molecule has 264 valence electrons. The minimum Gasteiger partial charge on any atom is -0.508 e. The van der Waals surface area contributed by atoms with Crippen molar-refractivity contribution < 1.29 is 32.9 Å². The standard InChI is InChI=1S/C20H22BNO3.C12H17BO3.C8H6FN/c1-14-6-9-18(12-15(14)13-22)23-17-10-7-16(8-11-17)21-24-19(2,3)20(4,5)25-21;1-11(2)12(3,4)16-13(15-11)9-5-7-10(14)8-6-9;1-6-2-3-8(9)4-7(6)5-10/h6-12H,1-5H3;5-8,14H,1-4H3;2-4H,1H3. The van der Waals surface area contributed by atoms with Gasteiger partial charge in [0.15, 0.2) is 0 Å². The van der Waals surface area contributed by atoms with E-state index in [2.05, 4.69) is 6.07 Å². The van der Waals surface area contributed by atoms with Gasteiger partial charge in [0.05, 0.1) is 45.7 Å². The third-order valence-electron chi connectivity index (χ3n) is 9.71. The van der Waals surface area contributed by atoms with Crippen molar-refractivity contribution in [2.45, 2.75) is 91.6 Å². The number of aryl methyl sites for hydroxylation is 2. The van der Waals surface area contributed by atoms with E-state index >= 15 is 0 Å². The maximum absolute atomic E-state index is 12.4. The number of phenolic OH excluding ortho intramolecular Hbond substituents is 1. The van der Waals surface area contributed by atoms with Gasteiger partial charge >= 0.3 is 14.2 Å². The van der Waals surface area contributed by atoms with Crippen LogP contribution in [0, 0.1) is 42.3 Å². The molecule has 11 heteroatoms. The lowest BCUT2D eigenvalue weighted by Crippen LogP contribution is -2.41. The third-order valence-corrected chi connectivity index (χ3v) is 9.71. The summed E-state index contributed by atoms with van der Waals surface area (Å²) in [6.45, 7) is 19.9. The number of hydrogen-bond acceptors (Lipinski definition) is 8. The normalized spacial score (nSPS) is 17.6. The molecular formula is C40H45B2FN2O6. The fraction of sp³-hybridized carbons (Fsp3) is 0.350. The van der Waals surface area contributed by atoms with Crippen molar-refractivity contribution in [1.29, 1.82) is 10.5 Å². The van der Waals surface area contributed by atoms with E-state index in [1.165, 1.54) is 12.1 Å². The Bertz CT molecular complexity index is 1880. The molecule has 2 aliphatic heterocycles. The van der Waals surface area contributed by atoms with Gasteiger partial charge < -0.3 is 28.5 Å². The molecule has 2 aliphatic rings. The van der Waals surface area contributed by atoms with Crippen molar-refractivity contribution >= 4 is 25.2 Å². The second-order valence-electron chi connectivity index (χ2n) is 14.6. The highest BCUT2D eigenvalue weighted by molar-refractivity contribution is 6.62. The number of hydrogen-bond donors (Lipinski definition) is 1. The number of halogens is 1. The maximum atomic E-state index is 12.4. The monoisotopic (exact) mass is 690 g/mol. The Kier molecular flexibility index (Phi) is 11.8. The SMILES string of the molecule is CC1(C)OB(c2ccc(O)cc2)OC1(C)C.Cc1ccc(F)cc1C#N.Cc1ccc(Oc2ccc(B3OC(C)(C)C(C)(C)O3)cc2)cc1C#N. The Balaban J connectivity index is 0.000000191. The molecule has 0 bridgehead atoms. The van der Waals surface area contributed by atoms with Crippen LogP contribution >= 0.6 is 0 Å². The first kappa shape index (κ1) is 39.2. The number of rotatable bonds is 4. The lowest BCUT2D eigenvalue weighted by atomic mass is 9.79. The van der Waals surface area contributed by atoms with Crippen LogP contribution in [0.3, 0.4) is 0 Å². The molecule has 0 aromatic heterocycles. The Morgan fingerprint density at radius 1 is 0.569 bits per heavy atom. The van der Waals surface area contributed by atoms with Crippen LogP contribution in [-0.2, 0) is 18.6 Å². The summed E-state index contributed by atoms with van der Waals surface area (Å²) in [6.07, 6.45) is 0. The van der Waals surface area contributed by atoms with E-state index in [-0.39, 0.29) is 48.2 Å². The van der Waals surface area contributed by atoms with Crippen molar-refractivity contribution in [2.24, 2.45) is 0 Å². The molecule has 0 amide bonds. The first-order valence-electron chi connectivity index (χ1n) is 16.7. The van der Waals surface area contributed by atoms with Gasteiger partial charge in [-0.05, 0) is 140 Å². The smallest absolute Gasteiger partial charge is 0.494 e. The van der Waals surface area contributed by atoms with E-state index in [1.807, 2.05) is 117 Å². The molecule has 8 nitrogen and oxygen atoms in total. The second-order valence-corrected chi connectivity index (χ2v) is 14.6. The Morgan fingerprint density at radius 3 is 1.35 bits per heavy atom. The van der Waals surface area contributed by atoms with Crippen LogP contribution in [0.15, 0.2) is 84.9 Å². The number of nitrogens with zero attached hydrogens (tertiary/aromatic N) is 2. The molecule has 0 saturated carbocycles. The molecule has 0 atom stereocenters. The highest BCUT2D eigenvalue weighted by atomic mass is 19.1. The average molecular weight is 690 g/mol. The van der Waals surface area contributed by atoms with E-state index < -0.39 is 0 Å². The average Bonchev–Trinajstić information content (AvgIpc) is 3.43. The van der Waals surface area contributed by atoms with Crippen molar-refractivity contribution in [3.05, 3.63) is 113 Å². The predicted molar refractivity (Wildman–Crippen MR) is 198 cm³/mol. The zero-order valence-electron chi connectivity index (χ0n) is 31.0. The zero-order chi connectivity index (χ0) is 37.8. The number of aromatic hydroxyl groups is 1. The van der Waals surface area contributed by atoms with Gasteiger partial charge in [-0.2, -0.15) is 10.5 Å². The second kappa shape index (κ2) is 15.3. The van der Waals surface area contributed by atoms with Gasteiger partial charge in [0, 0.05) is 0 Å². The molecule has 0 spiro atoms. The number of phenols is 1. The number of ether oxygens (including phenoxy) is 1. The van der Waals surface area contributed by atoms with Crippen molar-refractivity contribution in [3.63, 3.8) is 0 Å². The van der Waals surface area contributed by atoms with Gasteiger partial charge in [0.1, 0.15) is 23.1 Å². The van der Waals surface area contributed by atoms with Crippen molar-refractivity contribution in [2.75, 3.05) is 0 Å². The van der Waals surface area contributed by atoms with Crippen LogP contribution in [0.2, 0.25) is 0 Å². The molecule has 1 N–H and O–H groups in total. The van der Waals surface area contributed by atoms with Gasteiger partial charge in [-0.1, -0.05) is 36.4 Å². The van der Waals surface area contributed by atoms with Gasteiger partial charge in [-0.3, -0.25) is 0 Å². The summed E-state index contributed by atoms with van der Waals surface area (Å²) in [7, 11) is -0.741. The number of benzene rings is 4. The minimum absolute atomic E-state index is 0.250. The first-order chi connectivity index (χ1) is 23.8. The lowest BCUT2D eigenvalue weighted by Gasteiger charge is -2.32. The van der Waals surface area contributed by atoms with Crippen LogP contribution < -0.4 is 15.7 Å². The van der Waals surface area contributed by atoms with Gasteiger partial charge in [-0.25, -0.2) is 4.39 Å². The summed E-state index contributed by atoms with van der Waals surface area (Å²) in [6, 6.07) is 28.3. The molecule has 51 heavy (non-hydrogen) atoms. The topological polar surface area (TPSA) is 114 Å². The molecule has 0 aliphatic carbocycles. The fourth-order valence-corrected chi connectivity index (χ4v) is 4.92. The van der Waals surface area contributed by atoms with E-state index in [0.717, 1.165) is 22.1 Å². The third kappa shape index (κ3) is 9.38. The predicted octanol–water partition coefficient (Wildman–Crippen LogP) is 7.66. The minimum atomic E-state index is -0.386. The van der Waals surface area contributed by atoms with Gasteiger partial charge in [0.2, 0.25) is 0 Å². The molecule has 4 aromatic carbocycles. The fourth-order valence-electron chi connectivity index (χ4n) is 4.92. The highest BCUT2D eigenvalue weighted by Crippen LogP contribution is 2.37. The molecule has 2 fully saturated rings. The molecular weight excluding hydrogens is 645 g/mol. The summed E-state index contributed by atoms with van der Waals surface area (Å²) in [5.74, 6) is 1.24. The van der Waals surface area contributed by atoms with E-state index in [9.17, 15) is 9.50 Å². The summed E-state index contributed by atoms with van der Waals surface area (Å²) in [5, 5.41) is 26.8. The summed E-state index contributed by atoms with van der Waals surface area (Å²) < 4.78 is 42.1. The Labute approximate surface area is 302 Å². The summed E-state index contributed by atoms with van der Waals surface area (Å²) in [5.41, 5.74) is 3.28. The Hall–Kier alpha value is -4.64. The lowest BCUT2D eigenvalue weighted by molar-refractivity contribution is 0.00578. The maximum Gasteiger partial charge on any atom is 0.494 e.